The van der Waals surface area contributed by atoms with Crippen molar-refractivity contribution in [3.05, 3.63) is 0 Å². The third-order valence-corrected chi connectivity index (χ3v) is 4.26. The molecule has 0 amide bonds. The number of hydrogen-bond donors (Lipinski definition) is 1. The van der Waals surface area contributed by atoms with Gasteiger partial charge in [-0.25, -0.2) is 0 Å². The van der Waals surface area contributed by atoms with Gasteiger partial charge in [0, 0.05) is 0 Å². The first kappa shape index (κ1) is 8.55. The summed E-state index contributed by atoms with van der Waals surface area (Å²) in [5, 5.41) is 0. The summed E-state index contributed by atoms with van der Waals surface area (Å²) in [4.78, 5) is 0. The van der Waals surface area contributed by atoms with E-state index in [0.29, 0.717) is 5.41 Å². The van der Waals surface area contributed by atoms with Crippen LogP contribution < -0.4 is 5.73 Å². The molecule has 0 heterocycles. The molecular formula is C11H21N. The minimum atomic E-state index is 0.581. The molecule has 3 unspecified atom stereocenters. The van der Waals surface area contributed by atoms with Crippen molar-refractivity contribution in [1.29, 1.82) is 0 Å². The number of hydrogen-bond acceptors (Lipinski definition) is 1. The Morgan fingerprint density at radius 1 is 1.42 bits per heavy atom. The Balaban J connectivity index is 2.08. The second-order valence-electron chi connectivity index (χ2n) is 4.90. The van der Waals surface area contributed by atoms with Crippen molar-refractivity contribution in [2.45, 2.75) is 45.4 Å². The molecule has 0 aromatic carbocycles. The van der Waals surface area contributed by atoms with Gasteiger partial charge in [-0.15, -0.1) is 0 Å². The average Bonchev–Trinajstić information content (AvgIpc) is 2.64. The molecule has 2 bridgehead atoms. The van der Waals surface area contributed by atoms with E-state index in [4.69, 9.17) is 5.73 Å². The van der Waals surface area contributed by atoms with Gasteiger partial charge in [0.25, 0.3) is 0 Å². The van der Waals surface area contributed by atoms with Crippen molar-refractivity contribution in [2.75, 3.05) is 6.54 Å². The third kappa shape index (κ3) is 1.10. The molecule has 2 fully saturated rings. The summed E-state index contributed by atoms with van der Waals surface area (Å²) < 4.78 is 0. The Bertz CT molecular complexity index is 166. The fraction of sp³-hybridized carbons (Fsp3) is 1.00. The molecule has 3 atom stereocenters. The summed E-state index contributed by atoms with van der Waals surface area (Å²) >= 11 is 0. The van der Waals surface area contributed by atoms with Crippen molar-refractivity contribution in [3.63, 3.8) is 0 Å². The maximum Gasteiger partial charge on any atom is -0.00178 e. The Kier molecular flexibility index (Phi) is 2.16. The van der Waals surface area contributed by atoms with E-state index < -0.39 is 0 Å². The molecule has 0 spiro atoms. The normalized spacial score (nSPS) is 45.5. The van der Waals surface area contributed by atoms with E-state index in [1.807, 2.05) is 0 Å². The zero-order chi connectivity index (χ0) is 8.60. The van der Waals surface area contributed by atoms with Crippen LogP contribution in [0.3, 0.4) is 0 Å². The minimum Gasteiger partial charge on any atom is -0.330 e. The van der Waals surface area contributed by atoms with Gasteiger partial charge in [-0.05, 0) is 49.5 Å². The average molecular weight is 167 g/mol. The van der Waals surface area contributed by atoms with E-state index in [2.05, 4.69) is 6.92 Å². The van der Waals surface area contributed by atoms with E-state index >= 15 is 0 Å². The fourth-order valence-corrected chi connectivity index (χ4v) is 3.71. The van der Waals surface area contributed by atoms with Gasteiger partial charge in [0.2, 0.25) is 0 Å². The lowest BCUT2D eigenvalue weighted by molar-refractivity contribution is 0.156. The molecule has 1 nitrogen and oxygen atoms in total. The van der Waals surface area contributed by atoms with E-state index in [9.17, 15) is 0 Å². The minimum absolute atomic E-state index is 0.581. The number of rotatable bonds is 3. The smallest absolute Gasteiger partial charge is 0.00178 e. The van der Waals surface area contributed by atoms with Gasteiger partial charge in [0.05, 0.1) is 0 Å². The lowest BCUT2D eigenvalue weighted by Gasteiger charge is -2.36. The van der Waals surface area contributed by atoms with Gasteiger partial charge in [-0.2, -0.15) is 0 Å². The Morgan fingerprint density at radius 2 is 2.25 bits per heavy atom. The van der Waals surface area contributed by atoms with Crippen LogP contribution in [0, 0.1) is 17.3 Å². The van der Waals surface area contributed by atoms with E-state index in [-0.39, 0.29) is 0 Å². The second-order valence-corrected chi connectivity index (χ2v) is 4.90. The Hall–Kier alpha value is -0.0400. The maximum atomic E-state index is 5.94. The molecule has 2 saturated carbocycles. The largest absolute Gasteiger partial charge is 0.330 e. The highest BCUT2D eigenvalue weighted by Crippen LogP contribution is 2.57. The standard InChI is InChI=1S/C11H21N/c1-2-5-11(8-12)7-9-3-4-10(11)6-9/h9-10H,2-8,12H2,1H3. The van der Waals surface area contributed by atoms with Crippen LogP contribution in [-0.4, -0.2) is 6.54 Å². The van der Waals surface area contributed by atoms with Crippen LogP contribution in [0.25, 0.3) is 0 Å². The zero-order valence-corrected chi connectivity index (χ0v) is 8.18. The first-order valence-corrected chi connectivity index (χ1v) is 5.51. The molecule has 2 aliphatic carbocycles. The molecular weight excluding hydrogens is 146 g/mol. The monoisotopic (exact) mass is 167 g/mol. The molecule has 12 heavy (non-hydrogen) atoms. The van der Waals surface area contributed by atoms with Crippen molar-refractivity contribution < 1.29 is 0 Å². The lowest BCUT2D eigenvalue weighted by Crippen LogP contribution is -2.35. The molecule has 0 saturated heterocycles. The molecule has 0 radical (unpaired) electrons. The van der Waals surface area contributed by atoms with Crippen molar-refractivity contribution in [1.82, 2.24) is 0 Å². The van der Waals surface area contributed by atoms with Crippen LogP contribution in [0.5, 0.6) is 0 Å². The van der Waals surface area contributed by atoms with Crippen LogP contribution >= 0.6 is 0 Å². The van der Waals surface area contributed by atoms with Gasteiger partial charge in [-0.3, -0.25) is 0 Å². The van der Waals surface area contributed by atoms with Crippen molar-refractivity contribution >= 4 is 0 Å². The summed E-state index contributed by atoms with van der Waals surface area (Å²) in [5.41, 5.74) is 6.52. The van der Waals surface area contributed by atoms with E-state index in [1.54, 1.807) is 0 Å². The predicted molar refractivity (Wildman–Crippen MR) is 51.8 cm³/mol. The third-order valence-electron chi connectivity index (χ3n) is 4.26. The number of nitrogens with two attached hydrogens (primary N) is 1. The Morgan fingerprint density at radius 3 is 2.67 bits per heavy atom. The molecule has 2 N–H and O–H groups in total. The first-order valence-electron chi connectivity index (χ1n) is 5.51. The van der Waals surface area contributed by atoms with E-state index in [1.165, 1.54) is 38.5 Å². The van der Waals surface area contributed by atoms with Crippen LogP contribution in [-0.2, 0) is 0 Å². The predicted octanol–water partition coefficient (Wildman–Crippen LogP) is 2.55. The molecule has 70 valence electrons. The van der Waals surface area contributed by atoms with Gasteiger partial charge in [0.1, 0.15) is 0 Å². The maximum absolute atomic E-state index is 5.94. The van der Waals surface area contributed by atoms with Crippen LogP contribution in [0.2, 0.25) is 0 Å². The van der Waals surface area contributed by atoms with Gasteiger partial charge < -0.3 is 5.73 Å². The molecule has 0 aliphatic heterocycles. The molecule has 2 rings (SSSR count). The Labute approximate surface area is 75.7 Å². The SMILES string of the molecule is CCCC1(CN)CC2CCC1C2. The topological polar surface area (TPSA) is 26.0 Å². The van der Waals surface area contributed by atoms with Crippen LogP contribution in [0.4, 0.5) is 0 Å². The van der Waals surface area contributed by atoms with Gasteiger partial charge in [-0.1, -0.05) is 19.8 Å². The quantitative estimate of drug-likeness (QED) is 0.687. The van der Waals surface area contributed by atoms with Crippen LogP contribution in [0.15, 0.2) is 0 Å². The number of fused-ring (bicyclic) bond motifs is 2. The van der Waals surface area contributed by atoms with Gasteiger partial charge >= 0.3 is 0 Å². The first-order chi connectivity index (χ1) is 5.80. The summed E-state index contributed by atoms with van der Waals surface area (Å²) in [6.45, 7) is 3.24. The fourth-order valence-electron chi connectivity index (χ4n) is 3.71. The highest BCUT2D eigenvalue weighted by atomic mass is 14.7. The summed E-state index contributed by atoms with van der Waals surface area (Å²) in [6.07, 6.45) is 8.61. The van der Waals surface area contributed by atoms with Crippen LogP contribution in [0.1, 0.15) is 45.4 Å². The molecule has 0 aromatic rings. The van der Waals surface area contributed by atoms with Gasteiger partial charge in [0.15, 0.2) is 0 Å². The highest BCUT2D eigenvalue weighted by molar-refractivity contribution is 5.00. The van der Waals surface area contributed by atoms with Crippen molar-refractivity contribution in [3.8, 4) is 0 Å². The molecule has 2 aliphatic rings. The lowest BCUT2D eigenvalue weighted by atomic mass is 9.70. The second kappa shape index (κ2) is 3.02. The van der Waals surface area contributed by atoms with E-state index in [0.717, 1.165) is 18.4 Å². The van der Waals surface area contributed by atoms with Crippen molar-refractivity contribution in [2.24, 2.45) is 23.0 Å². The summed E-state index contributed by atoms with van der Waals surface area (Å²) in [6, 6.07) is 0. The zero-order valence-electron chi connectivity index (χ0n) is 8.18. The molecule has 1 heteroatoms. The summed E-state index contributed by atoms with van der Waals surface area (Å²) in [7, 11) is 0. The summed E-state index contributed by atoms with van der Waals surface area (Å²) in [5.74, 6) is 2.04. The molecule has 0 aromatic heterocycles. The highest BCUT2D eigenvalue weighted by Gasteiger charge is 2.48.